The summed E-state index contributed by atoms with van der Waals surface area (Å²) < 4.78 is 4.90. The number of benzene rings is 1. The van der Waals surface area contributed by atoms with Crippen LogP contribution >= 0.6 is 0 Å². The van der Waals surface area contributed by atoms with Gasteiger partial charge in [0.2, 0.25) is 0 Å². The third-order valence-corrected chi connectivity index (χ3v) is 3.69. The largest absolute Gasteiger partial charge is 0.506 e. The number of phenols is 1. The number of piperazine rings is 1. The predicted octanol–water partition coefficient (Wildman–Crippen LogP) is 0.940. The third kappa shape index (κ3) is 4.15. The summed E-state index contributed by atoms with van der Waals surface area (Å²) in [6, 6.07) is 4.75. The van der Waals surface area contributed by atoms with E-state index in [4.69, 9.17) is 4.74 Å². The summed E-state index contributed by atoms with van der Waals surface area (Å²) in [7, 11) is 0. The van der Waals surface area contributed by atoms with Gasteiger partial charge in [-0.1, -0.05) is 6.07 Å². The molecule has 24 heavy (non-hydrogen) atoms. The fraction of sp³-hybridized carbons (Fsp3) is 0.438. The Morgan fingerprint density at radius 2 is 1.79 bits per heavy atom. The Hall–Kier alpha value is -2.77. The molecule has 2 rings (SSSR count). The van der Waals surface area contributed by atoms with Gasteiger partial charge in [0.25, 0.3) is 0 Å². The van der Waals surface area contributed by atoms with Crippen molar-refractivity contribution in [2.75, 3.05) is 38.1 Å². The van der Waals surface area contributed by atoms with Crippen molar-refractivity contribution >= 4 is 23.6 Å². The number of amides is 3. The first-order valence-corrected chi connectivity index (χ1v) is 7.74. The second-order valence-corrected chi connectivity index (χ2v) is 5.45. The van der Waals surface area contributed by atoms with Crippen LogP contribution < -0.4 is 5.32 Å². The van der Waals surface area contributed by atoms with Crippen molar-refractivity contribution in [1.29, 1.82) is 0 Å². The molecule has 1 aromatic carbocycles. The van der Waals surface area contributed by atoms with Gasteiger partial charge in [0, 0.05) is 26.2 Å². The van der Waals surface area contributed by atoms with Gasteiger partial charge in [0.05, 0.1) is 12.3 Å². The average Bonchev–Trinajstić information content (AvgIpc) is 2.57. The zero-order valence-electron chi connectivity index (χ0n) is 13.7. The van der Waals surface area contributed by atoms with Crippen LogP contribution in [0.3, 0.4) is 0 Å². The lowest BCUT2D eigenvalue weighted by atomic mass is 10.2. The molecule has 1 fully saturated rings. The summed E-state index contributed by atoms with van der Waals surface area (Å²) in [6.45, 7) is 4.96. The molecule has 130 valence electrons. The Labute approximate surface area is 140 Å². The second-order valence-electron chi connectivity index (χ2n) is 5.45. The number of rotatable bonds is 2. The highest BCUT2D eigenvalue weighted by Crippen LogP contribution is 2.23. The van der Waals surface area contributed by atoms with Gasteiger partial charge in [-0.15, -0.1) is 0 Å². The Morgan fingerprint density at radius 3 is 2.38 bits per heavy atom. The van der Waals surface area contributed by atoms with Crippen molar-refractivity contribution in [2.45, 2.75) is 13.8 Å². The molecule has 2 N–H and O–H groups in total. The molecule has 0 bridgehead atoms. The molecule has 8 heteroatoms. The van der Waals surface area contributed by atoms with Crippen molar-refractivity contribution < 1.29 is 24.2 Å². The van der Waals surface area contributed by atoms with Crippen LogP contribution in [0, 0.1) is 6.92 Å². The minimum atomic E-state index is -0.821. The molecule has 1 aromatic rings. The Bertz CT molecular complexity index is 639. The van der Waals surface area contributed by atoms with Gasteiger partial charge < -0.3 is 25.0 Å². The maximum atomic E-state index is 12.2. The fourth-order valence-electron chi connectivity index (χ4n) is 2.37. The quantitative estimate of drug-likeness (QED) is 0.619. The topological polar surface area (TPSA) is 99.2 Å². The van der Waals surface area contributed by atoms with Gasteiger partial charge >= 0.3 is 17.9 Å². The molecule has 8 nitrogen and oxygen atoms in total. The minimum Gasteiger partial charge on any atom is -0.506 e. The Kier molecular flexibility index (Phi) is 5.62. The van der Waals surface area contributed by atoms with Crippen molar-refractivity contribution in [2.24, 2.45) is 0 Å². The number of hydrogen-bond acceptors (Lipinski definition) is 5. The number of carbonyl (C=O) groups excluding carboxylic acids is 3. The maximum absolute atomic E-state index is 12.2. The molecule has 0 radical (unpaired) electrons. The van der Waals surface area contributed by atoms with Crippen LogP contribution in [-0.4, -0.2) is 65.6 Å². The van der Waals surface area contributed by atoms with E-state index in [1.165, 1.54) is 21.9 Å². The van der Waals surface area contributed by atoms with Gasteiger partial charge in [-0.25, -0.2) is 4.79 Å². The van der Waals surface area contributed by atoms with Gasteiger partial charge in [-0.3, -0.25) is 9.59 Å². The Balaban J connectivity index is 1.90. The number of aryl methyl sites for hydroxylation is 1. The van der Waals surface area contributed by atoms with Gasteiger partial charge in [-0.2, -0.15) is 0 Å². The van der Waals surface area contributed by atoms with E-state index in [0.29, 0.717) is 19.7 Å². The molecule has 0 unspecified atom stereocenters. The fourth-order valence-corrected chi connectivity index (χ4v) is 2.37. The first kappa shape index (κ1) is 17.6. The highest BCUT2D eigenvalue weighted by Gasteiger charge is 2.28. The van der Waals surface area contributed by atoms with Crippen molar-refractivity contribution in [3.8, 4) is 5.75 Å². The highest BCUT2D eigenvalue weighted by molar-refractivity contribution is 6.39. The number of aromatic hydroxyl groups is 1. The van der Waals surface area contributed by atoms with E-state index in [9.17, 15) is 19.5 Å². The normalized spacial score (nSPS) is 14.2. The van der Waals surface area contributed by atoms with E-state index in [0.717, 1.165) is 5.56 Å². The number of nitrogens with zero attached hydrogens (tertiary/aromatic N) is 2. The van der Waals surface area contributed by atoms with Crippen molar-refractivity contribution in [1.82, 2.24) is 9.80 Å². The van der Waals surface area contributed by atoms with E-state index in [1.54, 1.807) is 19.9 Å². The van der Waals surface area contributed by atoms with Crippen LogP contribution in [-0.2, 0) is 14.3 Å². The lowest BCUT2D eigenvalue weighted by Crippen LogP contribution is -2.53. The maximum Gasteiger partial charge on any atom is 0.409 e. The molecule has 0 aromatic heterocycles. The van der Waals surface area contributed by atoms with Crippen LogP contribution in [0.4, 0.5) is 10.5 Å². The molecule has 0 spiro atoms. The number of nitrogens with one attached hydrogen (secondary N) is 1. The zero-order chi connectivity index (χ0) is 17.7. The molecule has 0 atom stereocenters. The number of carbonyl (C=O) groups is 3. The summed E-state index contributed by atoms with van der Waals surface area (Å²) >= 11 is 0. The number of anilines is 1. The summed E-state index contributed by atoms with van der Waals surface area (Å²) in [5, 5.41) is 12.2. The van der Waals surface area contributed by atoms with Gasteiger partial charge in [0.15, 0.2) is 0 Å². The van der Waals surface area contributed by atoms with E-state index >= 15 is 0 Å². The molecule has 1 aliphatic rings. The molecular formula is C16H21N3O5. The van der Waals surface area contributed by atoms with Gasteiger partial charge in [-0.05, 0) is 31.5 Å². The predicted molar refractivity (Wildman–Crippen MR) is 86.6 cm³/mol. The number of hydrogen-bond donors (Lipinski definition) is 2. The second kappa shape index (κ2) is 7.67. The SMILES string of the molecule is CCOC(=O)N1CCN(C(=O)C(=O)Nc2ccc(C)cc2O)CC1. The zero-order valence-corrected chi connectivity index (χ0v) is 13.7. The lowest BCUT2D eigenvalue weighted by Gasteiger charge is -2.33. The number of ether oxygens (including phenoxy) is 1. The first-order valence-electron chi connectivity index (χ1n) is 7.74. The van der Waals surface area contributed by atoms with Crippen LogP contribution in [0.1, 0.15) is 12.5 Å². The molecule has 1 saturated heterocycles. The van der Waals surface area contributed by atoms with Crippen LogP contribution in [0.2, 0.25) is 0 Å². The molecule has 0 saturated carbocycles. The highest BCUT2D eigenvalue weighted by atomic mass is 16.6. The number of phenolic OH excluding ortho intramolecular Hbond substituents is 1. The first-order chi connectivity index (χ1) is 11.4. The van der Waals surface area contributed by atoms with E-state index in [1.807, 2.05) is 0 Å². The van der Waals surface area contributed by atoms with Crippen molar-refractivity contribution in [3.63, 3.8) is 0 Å². The molecule has 1 aliphatic heterocycles. The smallest absolute Gasteiger partial charge is 0.409 e. The van der Waals surface area contributed by atoms with Crippen LogP contribution in [0.15, 0.2) is 18.2 Å². The minimum absolute atomic E-state index is 0.0942. The van der Waals surface area contributed by atoms with E-state index in [2.05, 4.69) is 5.32 Å². The molecule has 1 heterocycles. The standard InChI is InChI=1S/C16H21N3O5/c1-3-24-16(23)19-8-6-18(7-9-19)15(22)14(21)17-12-5-4-11(2)10-13(12)20/h4-5,10,20H,3,6-9H2,1-2H3,(H,17,21). The monoisotopic (exact) mass is 335 g/mol. The van der Waals surface area contributed by atoms with E-state index in [-0.39, 0.29) is 24.5 Å². The lowest BCUT2D eigenvalue weighted by molar-refractivity contribution is -0.144. The average molecular weight is 335 g/mol. The summed E-state index contributed by atoms with van der Waals surface area (Å²) in [6.07, 6.45) is -0.418. The van der Waals surface area contributed by atoms with E-state index < -0.39 is 17.9 Å². The van der Waals surface area contributed by atoms with Crippen LogP contribution in [0.5, 0.6) is 5.75 Å². The molecule has 0 aliphatic carbocycles. The third-order valence-electron chi connectivity index (χ3n) is 3.69. The summed E-state index contributed by atoms with van der Waals surface area (Å²) in [5.41, 5.74) is 1.02. The molecular weight excluding hydrogens is 314 g/mol. The van der Waals surface area contributed by atoms with Crippen molar-refractivity contribution in [3.05, 3.63) is 23.8 Å². The molecule has 3 amide bonds. The summed E-state index contributed by atoms with van der Waals surface area (Å²) in [5.74, 6) is -1.61. The van der Waals surface area contributed by atoms with Crippen LogP contribution in [0.25, 0.3) is 0 Å². The van der Waals surface area contributed by atoms with Gasteiger partial charge in [0.1, 0.15) is 5.75 Å². The Morgan fingerprint density at radius 1 is 1.17 bits per heavy atom. The summed E-state index contributed by atoms with van der Waals surface area (Å²) in [4.78, 5) is 38.7.